The Labute approximate surface area is 74.2 Å². The quantitative estimate of drug-likeness (QED) is 0.737. The molecule has 0 fully saturated rings. The van der Waals surface area contributed by atoms with Crippen LogP contribution in [0.3, 0.4) is 0 Å². The average molecular weight is 167 g/mol. The van der Waals surface area contributed by atoms with Gasteiger partial charge in [-0.1, -0.05) is 30.3 Å². The van der Waals surface area contributed by atoms with E-state index in [0.29, 0.717) is 6.61 Å². The third-order valence-corrected chi connectivity index (χ3v) is 1.57. The molecule has 0 amide bonds. The second-order valence-electron chi connectivity index (χ2n) is 2.65. The number of ether oxygens (including phenoxy) is 1. The zero-order valence-electron chi connectivity index (χ0n) is 8.10. The summed E-state index contributed by atoms with van der Waals surface area (Å²) in [5.74, 6) is 0. The molecule has 0 heterocycles. The summed E-state index contributed by atoms with van der Waals surface area (Å²) in [6.07, 6.45) is -0.444. The van der Waals surface area contributed by atoms with Crippen LogP contribution in [0.1, 0.15) is 13.9 Å². The minimum absolute atomic E-state index is 0.442. The van der Waals surface area contributed by atoms with E-state index in [1.165, 1.54) is 0 Å². The first-order valence-electron chi connectivity index (χ1n) is 4.53. The standard InChI is InChI=1S/C10H14O2/c1-9(7-11)12-8-10-5-3-2-4-6-10/h2-6,9,11H,7-8H2,1H3/t9-/m0/s1/i7D/t7?,9-. The van der Waals surface area contributed by atoms with Crippen LogP contribution in [0.15, 0.2) is 30.3 Å². The first-order valence-corrected chi connectivity index (χ1v) is 3.96. The van der Waals surface area contributed by atoms with Gasteiger partial charge in [-0.3, -0.25) is 0 Å². The summed E-state index contributed by atoms with van der Waals surface area (Å²) in [5.41, 5.74) is 1.05. The molecule has 1 unspecified atom stereocenters. The van der Waals surface area contributed by atoms with Crippen LogP contribution in [-0.2, 0) is 11.3 Å². The molecule has 1 rings (SSSR count). The van der Waals surface area contributed by atoms with Gasteiger partial charge in [-0.15, -0.1) is 0 Å². The van der Waals surface area contributed by atoms with Crippen molar-refractivity contribution in [1.29, 1.82) is 0 Å². The Balaban J connectivity index is 2.35. The molecule has 0 saturated heterocycles. The predicted molar refractivity (Wildman–Crippen MR) is 47.8 cm³/mol. The highest BCUT2D eigenvalue weighted by molar-refractivity contribution is 5.13. The van der Waals surface area contributed by atoms with Crippen LogP contribution in [-0.4, -0.2) is 17.8 Å². The number of benzene rings is 1. The number of aliphatic hydroxyl groups excluding tert-OH is 1. The molecule has 2 atom stereocenters. The zero-order chi connectivity index (χ0) is 9.68. The summed E-state index contributed by atoms with van der Waals surface area (Å²) in [6, 6.07) is 9.69. The molecule has 12 heavy (non-hydrogen) atoms. The Morgan fingerprint density at radius 3 is 2.75 bits per heavy atom. The van der Waals surface area contributed by atoms with Crippen molar-refractivity contribution < 1.29 is 11.2 Å². The molecule has 0 saturated carbocycles. The van der Waals surface area contributed by atoms with Gasteiger partial charge in [-0.25, -0.2) is 0 Å². The normalized spacial score (nSPS) is 16.7. The van der Waals surface area contributed by atoms with Gasteiger partial charge in [0.05, 0.1) is 20.7 Å². The second-order valence-corrected chi connectivity index (χ2v) is 2.65. The van der Waals surface area contributed by atoms with E-state index in [1.54, 1.807) is 6.92 Å². The van der Waals surface area contributed by atoms with Crippen LogP contribution in [0.4, 0.5) is 0 Å². The largest absolute Gasteiger partial charge is 0.394 e. The first-order chi connectivity index (χ1) is 6.20. The highest BCUT2D eigenvalue weighted by Crippen LogP contribution is 2.02. The van der Waals surface area contributed by atoms with E-state index in [-0.39, 0.29) is 0 Å². The molecule has 1 N–H and O–H groups in total. The molecule has 0 aliphatic rings. The van der Waals surface area contributed by atoms with Gasteiger partial charge in [0.1, 0.15) is 0 Å². The molecule has 0 bridgehead atoms. The van der Waals surface area contributed by atoms with Crippen molar-refractivity contribution in [2.45, 2.75) is 19.6 Å². The molecule has 1 aromatic carbocycles. The summed E-state index contributed by atoms with van der Waals surface area (Å²) in [5, 5.41) is 8.84. The Hall–Kier alpha value is -0.860. The minimum atomic E-state index is -1.16. The molecular weight excluding hydrogens is 152 g/mol. The SMILES string of the molecule is [2H]C(O)[C@H](C)OCc1ccccc1. The maximum Gasteiger partial charge on any atom is 0.0782 e. The van der Waals surface area contributed by atoms with E-state index in [1.807, 2.05) is 30.3 Å². The molecule has 1 aromatic rings. The van der Waals surface area contributed by atoms with Crippen LogP contribution < -0.4 is 0 Å². The summed E-state index contributed by atoms with van der Waals surface area (Å²) in [4.78, 5) is 0. The Morgan fingerprint density at radius 2 is 2.17 bits per heavy atom. The van der Waals surface area contributed by atoms with Crippen molar-refractivity contribution >= 4 is 0 Å². The average Bonchev–Trinajstić information content (AvgIpc) is 2.15. The van der Waals surface area contributed by atoms with Gasteiger partial charge in [0.2, 0.25) is 0 Å². The van der Waals surface area contributed by atoms with Gasteiger partial charge in [-0.2, -0.15) is 0 Å². The van der Waals surface area contributed by atoms with Crippen LogP contribution in [0.5, 0.6) is 0 Å². The number of rotatable bonds is 4. The molecule has 0 aliphatic heterocycles. The number of hydrogen-bond donors (Lipinski definition) is 1. The van der Waals surface area contributed by atoms with E-state index >= 15 is 0 Å². The molecule has 66 valence electrons. The lowest BCUT2D eigenvalue weighted by molar-refractivity contribution is 0.0145. The summed E-state index contributed by atoms with van der Waals surface area (Å²) in [6.45, 7) is 0.960. The molecular formula is C10H14O2. The second kappa shape index (κ2) is 4.91. The van der Waals surface area contributed by atoms with Crippen molar-refractivity contribution in [2.75, 3.05) is 6.58 Å². The number of aliphatic hydroxyl groups is 1. The van der Waals surface area contributed by atoms with Crippen LogP contribution >= 0.6 is 0 Å². The van der Waals surface area contributed by atoms with Crippen LogP contribution in [0.2, 0.25) is 0 Å². The third-order valence-electron chi connectivity index (χ3n) is 1.57. The topological polar surface area (TPSA) is 29.5 Å². The van der Waals surface area contributed by atoms with Crippen molar-refractivity contribution in [2.24, 2.45) is 0 Å². The van der Waals surface area contributed by atoms with E-state index in [9.17, 15) is 0 Å². The van der Waals surface area contributed by atoms with Crippen molar-refractivity contribution in [3.05, 3.63) is 35.9 Å². The number of hydrogen-bond acceptors (Lipinski definition) is 2. The van der Waals surface area contributed by atoms with Crippen molar-refractivity contribution in [3.63, 3.8) is 0 Å². The Morgan fingerprint density at radius 1 is 1.50 bits per heavy atom. The zero-order valence-corrected chi connectivity index (χ0v) is 7.10. The minimum Gasteiger partial charge on any atom is -0.394 e. The van der Waals surface area contributed by atoms with Gasteiger partial charge < -0.3 is 9.84 Å². The third kappa shape index (κ3) is 3.03. The van der Waals surface area contributed by atoms with Crippen LogP contribution in [0.25, 0.3) is 0 Å². The van der Waals surface area contributed by atoms with Crippen LogP contribution in [0, 0.1) is 0 Å². The highest BCUT2D eigenvalue weighted by atomic mass is 16.5. The fourth-order valence-corrected chi connectivity index (χ4v) is 0.845. The molecule has 0 aromatic heterocycles. The lowest BCUT2D eigenvalue weighted by Gasteiger charge is -2.09. The van der Waals surface area contributed by atoms with Crippen molar-refractivity contribution in [1.82, 2.24) is 0 Å². The lowest BCUT2D eigenvalue weighted by atomic mass is 10.2. The summed E-state index contributed by atoms with van der Waals surface area (Å²) in [7, 11) is 0. The molecule has 0 aliphatic carbocycles. The van der Waals surface area contributed by atoms with E-state index in [0.717, 1.165) is 5.56 Å². The summed E-state index contributed by atoms with van der Waals surface area (Å²) < 4.78 is 12.2. The van der Waals surface area contributed by atoms with Gasteiger partial charge in [0.25, 0.3) is 0 Å². The van der Waals surface area contributed by atoms with Gasteiger partial charge in [0.15, 0.2) is 0 Å². The Bertz CT molecular complexity index is 236. The first kappa shape index (κ1) is 7.77. The van der Waals surface area contributed by atoms with E-state index in [2.05, 4.69) is 0 Å². The van der Waals surface area contributed by atoms with Gasteiger partial charge in [0, 0.05) is 0 Å². The monoisotopic (exact) mass is 167 g/mol. The summed E-state index contributed by atoms with van der Waals surface area (Å²) >= 11 is 0. The molecule has 0 radical (unpaired) electrons. The van der Waals surface area contributed by atoms with Gasteiger partial charge in [-0.05, 0) is 12.5 Å². The fraction of sp³-hybridized carbons (Fsp3) is 0.400. The lowest BCUT2D eigenvalue weighted by Crippen LogP contribution is -2.12. The fourth-order valence-electron chi connectivity index (χ4n) is 0.845. The predicted octanol–water partition coefficient (Wildman–Crippen LogP) is 1.58. The molecule has 2 nitrogen and oxygen atoms in total. The maximum absolute atomic E-state index is 8.84. The maximum atomic E-state index is 8.84. The molecule has 0 spiro atoms. The van der Waals surface area contributed by atoms with E-state index < -0.39 is 12.7 Å². The van der Waals surface area contributed by atoms with Gasteiger partial charge >= 0.3 is 0 Å². The van der Waals surface area contributed by atoms with Crippen molar-refractivity contribution in [3.8, 4) is 0 Å². The highest BCUT2D eigenvalue weighted by Gasteiger charge is 1.98. The smallest absolute Gasteiger partial charge is 0.0782 e. The Kier molecular flexibility index (Phi) is 3.18. The molecule has 2 heteroatoms. The van der Waals surface area contributed by atoms with E-state index in [4.69, 9.17) is 11.2 Å².